The number of hydrogen-bond donors (Lipinski definition) is 2. The average molecular weight is 482 g/mol. The maximum Gasteiger partial charge on any atom is 0.283 e. The highest BCUT2D eigenvalue weighted by molar-refractivity contribution is 6.53. The second kappa shape index (κ2) is 10.7. The summed E-state index contributed by atoms with van der Waals surface area (Å²) >= 11 is 6.22. The Bertz CT molecular complexity index is 1090. The van der Waals surface area contributed by atoms with E-state index >= 15 is 0 Å². The number of imide groups is 1. The van der Waals surface area contributed by atoms with Crippen molar-refractivity contribution in [3.8, 4) is 5.75 Å². The van der Waals surface area contributed by atoms with E-state index < -0.39 is 11.8 Å². The molecule has 1 saturated carbocycles. The Morgan fingerprint density at radius 1 is 1.00 bits per heavy atom. The number of carbonyl (C=O) groups excluding carboxylic acids is 3. The van der Waals surface area contributed by atoms with Crippen LogP contribution in [-0.2, 0) is 20.8 Å². The van der Waals surface area contributed by atoms with Crippen LogP contribution in [0.5, 0.6) is 5.75 Å². The van der Waals surface area contributed by atoms with Gasteiger partial charge in [-0.25, -0.2) is 4.90 Å². The van der Waals surface area contributed by atoms with E-state index in [2.05, 4.69) is 10.6 Å². The van der Waals surface area contributed by atoms with E-state index in [4.69, 9.17) is 16.3 Å². The minimum atomic E-state index is -0.589. The number of ether oxygens (including phenoxy) is 1. The minimum absolute atomic E-state index is 0.0147. The van der Waals surface area contributed by atoms with E-state index in [-0.39, 0.29) is 22.7 Å². The maximum absolute atomic E-state index is 13.0. The topological polar surface area (TPSA) is 87.7 Å². The van der Waals surface area contributed by atoms with Gasteiger partial charge in [-0.15, -0.1) is 0 Å². The maximum atomic E-state index is 13.0. The van der Waals surface area contributed by atoms with Crippen LogP contribution < -0.4 is 20.3 Å². The van der Waals surface area contributed by atoms with Gasteiger partial charge in [-0.2, -0.15) is 0 Å². The van der Waals surface area contributed by atoms with Gasteiger partial charge in [0.05, 0.1) is 18.7 Å². The van der Waals surface area contributed by atoms with E-state index in [1.54, 1.807) is 36.4 Å². The predicted octanol–water partition coefficient (Wildman–Crippen LogP) is 4.51. The zero-order chi connectivity index (χ0) is 24.1. The van der Waals surface area contributed by atoms with Crippen molar-refractivity contribution < 1.29 is 19.1 Å². The molecule has 2 N–H and O–H groups in total. The number of anilines is 2. The number of rotatable bonds is 8. The minimum Gasteiger partial charge on any atom is -0.494 e. The predicted molar refractivity (Wildman–Crippen MR) is 132 cm³/mol. The van der Waals surface area contributed by atoms with Gasteiger partial charge in [0.15, 0.2) is 0 Å². The normalized spacial score (nSPS) is 16.7. The molecule has 3 amide bonds. The molecule has 0 bridgehead atoms. The molecular weight excluding hydrogens is 454 g/mol. The van der Waals surface area contributed by atoms with Crippen LogP contribution in [0.25, 0.3) is 0 Å². The van der Waals surface area contributed by atoms with Crippen molar-refractivity contribution in [2.75, 3.05) is 16.8 Å². The third-order valence-electron chi connectivity index (χ3n) is 5.99. The van der Waals surface area contributed by atoms with Gasteiger partial charge in [0.25, 0.3) is 11.8 Å². The molecular formula is C26H28ClN3O4. The molecule has 0 atom stereocenters. The lowest BCUT2D eigenvalue weighted by Crippen LogP contribution is -2.37. The molecule has 2 aromatic rings. The summed E-state index contributed by atoms with van der Waals surface area (Å²) in [6, 6.07) is 14.1. The quantitative estimate of drug-likeness (QED) is 0.541. The van der Waals surface area contributed by atoms with Gasteiger partial charge in [-0.1, -0.05) is 43.0 Å². The number of amides is 3. The van der Waals surface area contributed by atoms with Gasteiger partial charge < -0.3 is 15.4 Å². The Hall–Kier alpha value is -3.32. The van der Waals surface area contributed by atoms with Crippen molar-refractivity contribution in [1.29, 1.82) is 0 Å². The average Bonchev–Trinajstić information content (AvgIpc) is 3.05. The van der Waals surface area contributed by atoms with Gasteiger partial charge in [0.1, 0.15) is 16.5 Å². The van der Waals surface area contributed by atoms with E-state index in [1.165, 1.54) is 19.3 Å². The highest BCUT2D eigenvalue weighted by Gasteiger charge is 2.39. The molecule has 2 aromatic carbocycles. The van der Waals surface area contributed by atoms with Crippen molar-refractivity contribution in [1.82, 2.24) is 5.32 Å². The summed E-state index contributed by atoms with van der Waals surface area (Å²) in [6.07, 6.45) is 5.97. The second-order valence-corrected chi connectivity index (χ2v) is 8.84. The first kappa shape index (κ1) is 23.8. The molecule has 7 nitrogen and oxygen atoms in total. The fourth-order valence-corrected chi connectivity index (χ4v) is 4.48. The Balaban J connectivity index is 1.38. The fourth-order valence-electron chi connectivity index (χ4n) is 4.27. The van der Waals surface area contributed by atoms with Crippen molar-refractivity contribution in [2.24, 2.45) is 0 Å². The Labute approximate surface area is 204 Å². The number of nitrogens with one attached hydrogen (secondary N) is 2. The van der Waals surface area contributed by atoms with E-state index in [9.17, 15) is 14.4 Å². The Kier molecular flexibility index (Phi) is 7.53. The summed E-state index contributed by atoms with van der Waals surface area (Å²) in [7, 11) is 0. The number of carbonyl (C=O) groups is 3. The summed E-state index contributed by atoms with van der Waals surface area (Å²) in [5, 5.41) is 5.90. The lowest BCUT2D eigenvalue weighted by molar-refractivity contribution is -0.122. The molecule has 0 saturated heterocycles. The van der Waals surface area contributed by atoms with Crippen LogP contribution in [0.1, 0.15) is 44.6 Å². The highest BCUT2D eigenvalue weighted by atomic mass is 35.5. The molecule has 178 valence electrons. The fraction of sp³-hybridized carbons (Fsp3) is 0.346. The van der Waals surface area contributed by atoms with Gasteiger partial charge in [-0.05, 0) is 61.7 Å². The summed E-state index contributed by atoms with van der Waals surface area (Å²) in [5.41, 5.74) is 1.89. The van der Waals surface area contributed by atoms with Crippen LogP contribution in [0.15, 0.2) is 59.3 Å². The summed E-state index contributed by atoms with van der Waals surface area (Å²) in [6.45, 7) is 2.40. The van der Waals surface area contributed by atoms with Crippen LogP contribution >= 0.6 is 11.6 Å². The molecule has 34 heavy (non-hydrogen) atoms. The number of nitrogens with zero attached hydrogens (tertiary/aromatic N) is 1. The molecule has 2 aliphatic rings. The highest BCUT2D eigenvalue weighted by Crippen LogP contribution is 2.31. The van der Waals surface area contributed by atoms with Gasteiger partial charge in [0.2, 0.25) is 5.91 Å². The molecule has 4 rings (SSSR count). The number of benzene rings is 2. The van der Waals surface area contributed by atoms with Crippen molar-refractivity contribution in [3.63, 3.8) is 0 Å². The number of hydrogen-bond acceptors (Lipinski definition) is 5. The van der Waals surface area contributed by atoms with Crippen LogP contribution in [0.3, 0.4) is 0 Å². The SMILES string of the molecule is CCOc1ccc(N2C(=O)C(Cl)=C(Nc3ccc(CC(=O)NC4CCCCC4)cc3)C2=O)cc1. The Morgan fingerprint density at radius 2 is 1.68 bits per heavy atom. The molecule has 0 spiro atoms. The zero-order valence-corrected chi connectivity index (χ0v) is 19.9. The van der Waals surface area contributed by atoms with Crippen LogP contribution in [0.4, 0.5) is 11.4 Å². The summed E-state index contributed by atoms with van der Waals surface area (Å²) in [4.78, 5) is 39.0. The molecule has 0 aromatic heterocycles. The molecule has 1 aliphatic heterocycles. The molecule has 1 heterocycles. The van der Waals surface area contributed by atoms with Crippen LogP contribution in [-0.4, -0.2) is 30.4 Å². The first-order valence-corrected chi connectivity index (χ1v) is 12.0. The van der Waals surface area contributed by atoms with Gasteiger partial charge in [-0.3, -0.25) is 14.4 Å². The first-order valence-electron chi connectivity index (χ1n) is 11.6. The second-order valence-electron chi connectivity index (χ2n) is 8.46. The van der Waals surface area contributed by atoms with E-state index in [1.807, 2.05) is 19.1 Å². The van der Waals surface area contributed by atoms with Crippen LogP contribution in [0.2, 0.25) is 0 Å². The van der Waals surface area contributed by atoms with Crippen molar-refractivity contribution >= 4 is 40.7 Å². The van der Waals surface area contributed by atoms with Crippen molar-refractivity contribution in [3.05, 3.63) is 64.8 Å². The molecule has 0 unspecified atom stereocenters. The summed E-state index contributed by atoms with van der Waals surface area (Å²) < 4.78 is 5.41. The Morgan fingerprint density at radius 3 is 2.32 bits per heavy atom. The molecule has 0 radical (unpaired) electrons. The largest absolute Gasteiger partial charge is 0.494 e. The molecule has 1 aliphatic carbocycles. The molecule has 8 heteroatoms. The van der Waals surface area contributed by atoms with Crippen LogP contribution in [0, 0.1) is 0 Å². The zero-order valence-electron chi connectivity index (χ0n) is 19.1. The molecule has 1 fully saturated rings. The van der Waals surface area contributed by atoms with E-state index in [0.29, 0.717) is 30.2 Å². The third kappa shape index (κ3) is 5.42. The monoisotopic (exact) mass is 481 g/mol. The van der Waals surface area contributed by atoms with E-state index in [0.717, 1.165) is 23.3 Å². The smallest absolute Gasteiger partial charge is 0.283 e. The standard InChI is InChI=1S/C26H28ClN3O4/c1-2-34-21-14-12-20(13-15-21)30-25(32)23(27)24(26(30)33)29-19-10-8-17(9-11-19)16-22(31)28-18-6-4-3-5-7-18/h8-15,18,29H,2-7,16H2,1H3,(H,28,31). The summed E-state index contributed by atoms with van der Waals surface area (Å²) in [5.74, 6) is -0.458. The van der Waals surface area contributed by atoms with Gasteiger partial charge >= 0.3 is 0 Å². The third-order valence-corrected chi connectivity index (χ3v) is 6.34. The first-order chi connectivity index (χ1) is 16.5. The van der Waals surface area contributed by atoms with Crippen molar-refractivity contribution in [2.45, 2.75) is 51.5 Å². The number of halogens is 1. The van der Waals surface area contributed by atoms with Gasteiger partial charge in [0, 0.05) is 11.7 Å². The lowest BCUT2D eigenvalue weighted by atomic mass is 9.95. The lowest BCUT2D eigenvalue weighted by Gasteiger charge is -2.22.